The van der Waals surface area contributed by atoms with E-state index in [4.69, 9.17) is 10.3 Å². The van der Waals surface area contributed by atoms with Crippen molar-refractivity contribution >= 4 is 10.9 Å². The van der Waals surface area contributed by atoms with Gasteiger partial charge >= 0.3 is 0 Å². The first-order valence-electron chi connectivity index (χ1n) is 5.10. The fourth-order valence-electron chi connectivity index (χ4n) is 1.39. The molecule has 2 aromatic carbocycles. The van der Waals surface area contributed by atoms with E-state index < -0.39 is 21.1 Å². The predicted molar refractivity (Wildman–Crippen MR) is 62.7 cm³/mol. The highest BCUT2D eigenvalue weighted by Crippen LogP contribution is 2.19. The Hall–Kier alpha value is -0.600. The molecule has 0 spiro atoms. The average molecular weight is 376 g/mol. The molecule has 0 aliphatic carbocycles. The van der Waals surface area contributed by atoms with Gasteiger partial charge in [0.1, 0.15) is 6.26 Å². The largest absolute Gasteiger partial charge is 0.427 e. The van der Waals surface area contributed by atoms with E-state index in [1.54, 1.807) is 0 Å². The maximum Gasteiger partial charge on any atom is 0.282 e. The molecule has 18 heavy (non-hydrogen) atoms. The lowest BCUT2D eigenvalue weighted by Gasteiger charge is -2.00. The van der Waals surface area contributed by atoms with Crippen molar-refractivity contribution in [1.29, 1.82) is 0 Å². The first-order chi connectivity index (χ1) is 8.61. The van der Waals surface area contributed by atoms with Gasteiger partial charge in [0, 0.05) is 0 Å². The van der Waals surface area contributed by atoms with Crippen LogP contribution in [0.3, 0.4) is 0 Å². The topological polar surface area (TPSA) is 69.2 Å². The molecular formula is C13H13IO3S. The minimum atomic E-state index is -4.01. The van der Waals surface area contributed by atoms with Gasteiger partial charge in [0.2, 0.25) is 0 Å². The standard InChI is InChI=1S/C13H13S.IO3/c1-14(12-8-4-2-5-9-12)13-10-6-3-7-11-13;2-1(3)4/h2-11H,1H3;/q+1;-1. The summed E-state index contributed by atoms with van der Waals surface area (Å²) in [6, 6.07) is 21.3. The van der Waals surface area contributed by atoms with Crippen LogP contribution in [0.2, 0.25) is 0 Å². The lowest BCUT2D eigenvalue weighted by atomic mass is 10.4. The zero-order chi connectivity index (χ0) is 13.4. The number of benzene rings is 2. The van der Waals surface area contributed by atoms with Gasteiger partial charge in [0.05, 0.1) is 10.9 Å². The summed E-state index contributed by atoms with van der Waals surface area (Å²) in [5, 5.41) is 0. The molecule has 0 saturated heterocycles. The zero-order valence-corrected chi connectivity index (χ0v) is 12.8. The second-order valence-corrected chi connectivity index (χ2v) is 6.37. The molecule has 3 nitrogen and oxygen atoms in total. The second kappa shape index (κ2) is 8.49. The fourth-order valence-corrected chi connectivity index (χ4v) is 2.79. The molecule has 0 N–H and O–H groups in total. The van der Waals surface area contributed by atoms with Crippen LogP contribution in [-0.2, 0) is 10.9 Å². The Labute approximate surface area is 118 Å². The summed E-state index contributed by atoms with van der Waals surface area (Å²) in [4.78, 5) is 2.80. The second-order valence-electron chi connectivity index (χ2n) is 3.33. The minimum Gasteiger partial charge on any atom is -0.427 e. The number of hydrogen-bond donors (Lipinski definition) is 0. The highest BCUT2D eigenvalue weighted by atomic mass is 127. The van der Waals surface area contributed by atoms with Crippen LogP contribution in [-0.4, -0.2) is 6.26 Å². The first kappa shape index (κ1) is 15.5. The van der Waals surface area contributed by atoms with Gasteiger partial charge in [-0.25, -0.2) is 0 Å². The third kappa shape index (κ3) is 5.83. The minimum absolute atomic E-state index is 0.203. The van der Waals surface area contributed by atoms with E-state index in [0.29, 0.717) is 0 Å². The lowest BCUT2D eigenvalue weighted by molar-refractivity contribution is -1.73. The Morgan fingerprint density at radius 3 is 1.28 bits per heavy atom. The molecule has 0 heterocycles. The predicted octanol–water partition coefficient (Wildman–Crippen LogP) is -3.21. The number of rotatable bonds is 2. The molecule has 0 fully saturated rings. The molecule has 96 valence electrons. The molecule has 0 aliphatic heterocycles. The quantitative estimate of drug-likeness (QED) is 0.410. The fraction of sp³-hybridized carbons (Fsp3) is 0.0769. The van der Waals surface area contributed by atoms with Gasteiger partial charge in [-0.15, -0.1) is 0 Å². The van der Waals surface area contributed by atoms with Crippen LogP contribution in [0.15, 0.2) is 70.5 Å². The summed E-state index contributed by atoms with van der Waals surface area (Å²) in [7, 11) is 0.203. The molecule has 2 rings (SSSR count). The summed E-state index contributed by atoms with van der Waals surface area (Å²) in [5.41, 5.74) is 0. The molecule has 0 unspecified atom stereocenters. The zero-order valence-electron chi connectivity index (χ0n) is 9.78. The number of halogens is 1. The van der Waals surface area contributed by atoms with E-state index in [9.17, 15) is 0 Å². The van der Waals surface area contributed by atoms with Gasteiger partial charge < -0.3 is 10.3 Å². The summed E-state index contributed by atoms with van der Waals surface area (Å²) in [5.74, 6) is 0. The van der Waals surface area contributed by atoms with Gasteiger partial charge in [-0.1, -0.05) is 36.4 Å². The van der Waals surface area contributed by atoms with Crippen LogP contribution >= 0.6 is 0 Å². The van der Waals surface area contributed by atoms with E-state index in [1.165, 1.54) is 9.79 Å². The van der Waals surface area contributed by atoms with Crippen LogP contribution in [0.4, 0.5) is 0 Å². The first-order valence-corrected chi connectivity index (χ1v) is 9.38. The van der Waals surface area contributed by atoms with Crippen LogP contribution in [0.1, 0.15) is 0 Å². The molecule has 5 heteroatoms. The Morgan fingerprint density at radius 1 is 0.722 bits per heavy atom. The van der Waals surface area contributed by atoms with Crippen molar-refractivity contribution in [1.82, 2.24) is 0 Å². The van der Waals surface area contributed by atoms with Crippen molar-refractivity contribution in [2.24, 2.45) is 0 Å². The SMILES string of the molecule is C[S+](c1ccccc1)c1ccccc1.[O-][I+2]([O-])[O-]. The van der Waals surface area contributed by atoms with Gasteiger partial charge in [-0.05, 0) is 24.3 Å². The molecular weight excluding hydrogens is 363 g/mol. The number of hydrogen-bond acceptors (Lipinski definition) is 3. The molecule has 0 aliphatic rings. The molecule has 0 radical (unpaired) electrons. The van der Waals surface area contributed by atoms with Crippen molar-refractivity contribution in [3.05, 3.63) is 60.7 Å². The summed E-state index contributed by atoms with van der Waals surface area (Å²) in [6.45, 7) is 0. The van der Waals surface area contributed by atoms with E-state index in [0.717, 1.165) is 0 Å². The molecule has 0 aromatic heterocycles. The van der Waals surface area contributed by atoms with Gasteiger partial charge in [0.15, 0.2) is 9.79 Å². The van der Waals surface area contributed by atoms with Gasteiger partial charge in [0.25, 0.3) is 21.1 Å². The lowest BCUT2D eigenvalue weighted by Crippen LogP contribution is -4.05. The summed E-state index contributed by atoms with van der Waals surface area (Å²) in [6.07, 6.45) is 2.27. The van der Waals surface area contributed by atoms with Crippen molar-refractivity contribution in [2.45, 2.75) is 9.79 Å². The third-order valence-electron chi connectivity index (χ3n) is 2.19. The normalized spacial score (nSPS) is 10.1. The summed E-state index contributed by atoms with van der Waals surface area (Å²) >= 11 is -4.01. The maximum absolute atomic E-state index is 8.57. The van der Waals surface area contributed by atoms with Crippen LogP contribution in [0.5, 0.6) is 0 Å². The Bertz CT molecular complexity index is 394. The molecule has 0 amide bonds. The average Bonchev–Trinajstić information content (AvgIpc) is 2.39. The van der Waals surface area contributed by atoms with Gasteiger partial charge in [-0.2, -0.15) is 0 Å². The van der Waals surface area contributed by atoms with Crippen molar-refractivity contribution < 1.29 is 31.4 Å². The smallest absolute Gasteiger partial charge is 0.282 e. The Morgan fingerprint density at radius 2 is 1.00 bits per heavy atom. The van der Waals surface area contributed by atoms with Crippen LogP contribution < -0.4 is 31.4 Å². The third-order valence-corrected chi connectivity index (χ3v) is 4.15. The van der Waals surface area contributed by atoms with E-state index in [-0.39, 0.29) is 10.9 Å². The maximum atomic E-state index is 8.57. The van der Waals surface area contributed by atoms with E-state index >= 15 is 0 Å². The molecule has 0 atom stereocenters. The monoisotopic (exact) mass is 376 g/mol. The van der Waals surface area contributed by atoms with Gasteiger partial charge in [-0.3, -0.25) is 0 Å². The molecule has 0 bridgehead atoms. The summed E-state index contributed by atoms with van der Waals surface area (Å²) < 4.78 is 25.7. The Balaban J connectivity index is 0.000000357. The highest BCUT2D eigenvalue weighted by Gasteiger charge is 2.17. The van der Waals surface area contributed by atoms with Crippen molar-refractivity contribution in [2.75, 3.05) is 6.26 Å². The highest BCUT2D eigenvalue weighted by molar-refractivity contribution is 7.96. The van der Waals surface area contributed by atoms with Crippen LogP contribution in [0.25, 0.3) is 0 Å². The van der Waals surface area contributed by atoms with E-state index in [2.05, 4.69) is 66.9 Å². The van der Waals surface area contributed by atoms with E-state index in [1.807, 2.05) is 0 Å². The van der Waals surface area contributed by atoms with Crippen LogP contribution in [0, 0.1) is 0 Å². The van der Waals surface area contributed by atoms with Crippen molar-refractivity contribution in [3.8, 4) is 0 Å². The Kier molecular flexibility index (Phi) is 7.29. The molecule has 2 aromatic rings. The van der Waals surface area contributed by atoms with Crippen molar-refractivity contribution in [3.63, 3.8) is 0 Å². The molecule has 0 saturated carbocycles.